The van der Waals surface area contributed by atoms with E-state index in [0.29, 0.717) is 6.04 Å². The zero-order valence-electron chi connectivity index (χ0n) is 12.5. The summed E-state index contributed by atoms with van der Waals surface area (Å²) in [6.07, 6.45) is 2.14. The highest BCUT2D eigenvalue weighted by Gasteiger charge is 2.12. The van der Waals surface area contributed by atoms with Crippen molar-refractivity contribution >= 4 is 31.9 Å². The Morgan fingerprint density at radius 1 is 1.10 bits per heavy atom. The number of hydrogen-bond acceptors (Lipinski definition) is 1. The van der Waals surface area contributed by atoms with Gasteiger partial charge in [0.15, 0.2) is 0 Å². The minimum absolute atomic E-state index is 0.353. The maximum Gasteiger partial charge on any atom is 0.0360 e. The van der Waals surface area contributed by atoms with Crippen LogP contribution in [0.1, 0.15) is 36.1 Å². The summed E-state index contributed by atoms with van der Waals surface area (Å²) < 4.78 is 2.31. The molecule has 2 rings (SSSR count). The molecule has 0 spiro atoms. The van der Waals surface area contributed by atoms with Gasteiger partial charge < -0.3 is 5.32 Å². The highest BCUT2D eigenvalue weighted by Crippen LogP contribution is 2.25. The number of rotatable bonds is 6. The molecule has 112 valence electrons. The van der Waals surface area contributed by atoms with Crippen molar-refractivity contribution in [3.63, 3.8) is 0 Å². The molecule has 1 atom stereocenters. The van der Waals surface area contributed by atoms with Gasteiger partial charge in [0.2, 0.25) is 0 Å². The van der Waals surface area contributed by atoms with Crippen molar-refractivity contribution in [3.05, 3.63) is 68.1 Å². The standard InChI is InChI=1S/C18H21Br2N/c1-3-9-21-18(12-14-5-4-6-16(19)11-14)15-7-8-17(20)13(2)10-15/h4-8,10-11,18,21H,3,9,12H2,1-2H3. The second-order valence-electron chi connectivity index (χ2n) is 5.35. The molecule has 3 heteroatoms. The first-order chi connectivity index (χ1) is 10.1. The van der Waals surface area contributed by atoms with Crippen LogP contribution < -0.4 is 5.32 Å². The molecule has 1 N–H and O–H groups in total. The van der Waals surface area contributed by atoms with E-state index >= 15 is 0 Å². The van der Waals surface area contributed by atoms with E-state index in [1.165, 1.54) is 21.2 Å². The quantitative estimate of drug-likeness (QED) is 0.634. The zero-order chi connectivity index (χ0) is 15.2. The third-order valence-corrected chi connectivity index (χ3v) is 4.94. The average molecular weight is 411 g/mol. The molecule has 0 radical (unpaired) electrons. The molecule has 0 aromatic heterocycles. The molecular weight excluding hydrogens is 390 g/mol. The fourth-order valence-electron chi connectivity index (χ4n) is 2.41. The van der Waals surface area contributed by atoms with E-state index in [4.69, 9.17) is 0 Å². The Bertz CT molecular complexity index is 596. The lowest BCUT2D eigenvalue weighted by molar-refractivity contribution is 0.529. The number of benzene rings is 2. The van der Waals surface area contributed by atoms with Crippen molar-refractivity contribution in [2.24, 2.45) is 0 Å². The van der Waals surface area contributed by atoms with Crippen molar-refractivity contribution in [2.75, 3.05) is 6.54 Å². The van der Waals surface area contributed by atoms with Gasteiger partial charge in [-0.25, -0.2) is 0 Å². The lowest BCUT2D eigenvalue weighted by Gasteiger charge is -2.20. The molecule has 2 aromatic rings. The molecule has 0 saturated carbocycles. The Hall–Kier alpha value is -0.640. The molecule has 0 aliphatic rings. The topological polar surface area (TPSA) is 12.0 Å². The third-order valence-electron chi connectivity index (χ3n) is 3.55. The first-order valence-corrected chi connectivity index (χ1v) is 8.92. The molecule has 0 amide bonds. The average Bonchev–Trinajstić information content (AvgIpc) is 2.46. The fraction of sp³-hybridized carbons (Fsp3) is 0.333. The predicted molar refractivity (Wildman–Crippen MR) is 97.8 cm³/mol. The smallest absolute Gasteiger partial charge is 0.0360 e. The van der Waals surface area contributed by atoms with Crippen LogP contribution in [0.2, 0.25) is 0 Å². The van der Waals surface area contributed by atoms with Crippen LogP contribution in [0.5, 0.6) is 0 Å². The van der Waals surface area contributed by atoms with Gasteiger partial charge in [-0.1, -0.05) is 63.0 Å². The van der Waals surface area contributed by atoms with Crippen molar-refractivity contribution < 1.29 is 0 Å². The molecule has 0 heterocycles. The van der Waals surface area contributed by atoms with Crippen molar-refractivity contribution in [3.8, 4) is 0 Å². The van der Waals surface area contributed by atoms with Gasteiger partial charge in [0.25, 0.3) is 0 Å². The third kappa shape index (κ3) is 4.94. The Kier molecular flexibility index (Phi) is 6.46. The summed E-state index contributed by atoms with van der Waals surface area (Å²) in [4.78, 5) is 0. The first kappa shape index (κ1) is 16.7. The monoisotopic (exact) mass is 409 g/mol. The maximum absolute atomic E-state index is 3.67. The molecule has 0 fully saturated rings. The number of aryl methyl sites for hydroxylation is 1. The summed E-state index contributed by atoms with van der Waals surface area (Å²) >= 11 is 7.14. The van der Waals surface area contributed by atoms with Gasteiger partial charge in [0, 0.05) is 15.0 Å². The van der Waals surface area contributed by atoms with Crippen LogP contribution >= 0.6 is 31.9 Å². The number of hydrogen-bond donors (Lipinski definition) is 1. The van der Waals surface area contributed by atoms with Gasteiger partial charge in [-0.3, -0.25) is 0 Å². The Balaban J connectivity index is 2.22. The second kappa shape index (κ2) is 8.11. The minimum atomic E-state index is 0.353. The van der Waals surface area contributed by atoms with E-state index in [0.717, 1.165) is 23.9 Å². The van der Waals surface area contributed by atoms with Crippen LogP contribution in [0, 0.1) is 6.92 Å². The highest BCUT2D eigenvalue weighted by molar-refractivity contribution is 9.10. The molecule has 0 aliphatic carbocycles. The van der Waals surface area contributed by atoms with Crippen LogP contribution in [0.4, 0.5) is 0 Å². The summed E-state index contributed by atoms with van der Waals surface area (Å²) in [6, 6.07) is 15.5. The predicted octanol–water partition coefficient (Wildman–Crippen LogP) is 5.80. The van der Waals surface area contributed by atoms with E-state index in [-0.39, 0.29) is 0 Å². The Labute approximate surface area is 144 Å². The van der Waals surface area contributed by atoms with Crippen LogP contribution in [0.3, 0.4) is 0 Å². The summed E-state index contributed by atoms with van der Waals surface area (Å²) in [7, 11) is 0. The maximum atomic E-state index is 3.67. The largest absolute Gasteiger partial charge is 0.310 e. The summed E-state index contributed by atoms with van der Waals surface area (Å²) in [5.41, 5.74) is 3.98. The van der Waals surface area contributed by atoms with Gasteiger partial charge >= 0.3 is 0 Å². The van der Waals surface area contributed by atoms with Crippen LogP contribution in [0.15, 0.2) is 51.4 Å². The Morgan fingerprint density at radius 3 is 2.57 bits per heavy atom. The van der Waals surface area contributed by atoms with Crippen molar-refractivity contribution in [2.45, 2.75) is 32.7 Å². The van der Waals surface area contributed by atoms with Crippen LogP contribution in [-0.2, 0) is 6.42 Å². The highest BCUT2D eigenvalue weighted by atomic mass is 79.9. The molecule has 1 unspecified atom stereocenters. The van der Waals surface area contributed by atoms with Crippen LogP contribution in [0.25, 0.3) is 0 Å². The summed E-state index contributed by atoms with van der Waals surface area (Å²) in [5, 5.41) is 3.67. The van der Waals surface area contributed by atoms with E-state index in [1.807, 2.05) is 0 Å². The first-order valence-electron chi connectivity index (χ1n) is 7.34. The van der Waals surface area contributed by atoms with Gasteiger partial charge in [-0.2, -0.15) is 0 Å². The van der Waals surface area contributed by atoms with E-state index in [2.05, 4.69) is 93.5 Å². The van der Waals surface area contributed by atoms with E-state index in [9.17, 15) is 0 Å². The fourth-order valence-corrected chi connectivity index (χ4v) is 3.10. The molecule has 1 nitrogen and oxygen atoms in total. The van der Waals surface area contributed by atoms with Gasteiger partial charge in [-0.05, 0) is 61.2 Å². The van der Waals surface area contributed by atoms with Gasteiger partial charge in [0.1, 0.15) is 0 Å². The van der Waals surface area contributed by atoms with Gasteiger partial charge in [0.05, 0.1) is 0 Å². The van der Waals surface area contributed by atoms with Crippen molar-refractivity contribution in [1.82, 2.24) is 5.32 Å². The molecule has 0 saturated heterocycles. The van der Waals surface area contributed by atoms with Gasteiger partial charge in [-0.15, -0.1) is 0 Å². The molecule has 0 aliphatic heterocycles. The number of halogens is 2. The summed E-state index contributed by atoms with van der Waals surface area (Å²) in [5.74, 6) is 0. The van der Waals surface area contributed by atoms with E-state index < -0.39 is 0 Å². The molecular formula is C18H21Br2N. The summed E-state index contributed by atoms with van der Waals surface area (Å²) in [6.45, 7) is 5.38. The second-order valence-corrected chi connectivity index (χ2v) is 7.12. The molecule has 2 aromatic carbocycles. The van der Waals surface area contributed by atoms with E-state index in [1.54, 1.807) is 0 Å². The SMILES string of the molecule is CCCNC(Cc1cccc(Br)c1)c1ccc(Br)c(C)c1. The lowest BCUT2D eigenvalue weighted by atomic mass is 9.97. The zero-order valence-corrected chi connectivity index (χ0v) is 15.7. The van der Waals surface area contributed by atoms with Crippen molar-refractivity contribution in [1.29, 1.82) is 0 Å². The lowest BCUT2D eigenvalue weighted by Crippen LogP contribution is -2.24. The normalized spacial score (nSPS) is 12.4. The molecule has 21 heavy (non-hydrogen) atoms. The number of nitrogens with one attached hydrogen (secondary N) is 1. The van der Waals surface area contributed by atoms with Crippen LogP contribution in [-0.4, -0.2) is 6.54 Å². The Morgan fingerprint density at radius 2 is 1.90 bits per heavy atom. The molecule has 0 bridgehead atoms. The minimum Gasteiger partial charge on any atom is -0.310 e.